The maximum absolute atomic E-state index is 11.9. The minimum atomic E-state index is -3.49. The molecule has 19 heavy (non-hydrogen) atoms. The van der Waals surface area contributed by atoms with Gasteiger partial charge in [0.05, 0.1) is 5.69 Å². The second kappa shape index (κ2) is 7.52. The average molecular weight is 301 g/mol. The highest BCUT2D eigenvalue weighted by atomic mass is 32.2. The number of thiocarbonyl (C=S) groups is 1. The van der Waals surface area contributed by atoms with Gasteiger partial charge < -0.3 is 5.73 Å². The summed E-state index contributed by atoms with van der Waals surface area (Å²) in [5, 5.41) is 0. The van der Waals surface area contributed by atoms with Gasteiger partial charge in [0.1, 0.15) is 9.88 Å². The van der Waals surface area contributed by atoms with E-state index in [1.54, 1.807) is 0 Å². The van der Waals surface area contributed by atoms with E-state index in [2.05, 4.69) is 16.6 Å². The lowest BCUT2D eigenvalue weighted by molar-refractivity contribution is 0.573. The van der Waals surface area contributed by atoms with Crippen molar-refractivity contribution in [2.45, 2.75) is 37.5 Å². The van der Waals surface area contributed by atoms with E-state index in [-0.39, 0.29) is 9.88 Å². The number of aromatic nitrogens is 1. The molecule has 0 atom stereocenters. The number of hydrogen-bond acceptors (Lipinski definition) is 4. The molecule has 0 saturated heterocycles. The molecule has 1 aromatic rings. The molecule has 0 aromatic carbocycles. The van der Waals surface area contributed by atoms with E-state index < -0.39 is 10.0 Å². The Labute approximate surface area is 119 Å². The molecule has 0 bridgehead atoms. The molecule has 0 fully saturated rings. The molecular formula is C12H19N3O2S2. The van der Waals surface area contributed by atoms with Gasteiger partial charge in [0.25, 0.3) is 0 Å². The van der Waals surface area contributed by atoms with Crippen LogP contribution in [0.5, 0.6) is 0 Å². The fourth-order valence-electron chi connectivity index (χ4n) is 1.53. The van der Waals surface area contributed by atoms with Crippen LogP contribution in [-0.2, 0) is 10.0 Å². The molecular weight excluding hydrogens is 282 g/mol. The van der Waals surface area contributed by atoms with E-state index in [0.717, 1.165) is 25.7 Å². The smallest absolute Gasteiger partial charge is 0.242 e. The van der Waals surface area contributed by atoms with Crippen molar-refractivity contribution >= 4 is 27.2 Å². The highest BCUT2D eigenvalue weighted by Gasteiger charge is 2.13. The Morgan fingerprint density at radius 2 is 2.11 bits per heavy atom. The maximum atomic E-state index is 11.9. The molecule has 106 valence electrons. The molecule has 0 aliphatic carbocycles. The van der Waals surface area contributed by atoms with Crippen molar-refractivity contribution in [2.75, 3.05) is 6.54 Å². The van der Waals surface area contributed by atoms with Gasteiger partial charge in [-0.1, -0.05) is 38.4 Å². The molecule has 0 unspecified atom stereocenters. The number of nitrogens with one attached hydrogen (secondary N) is 1. The van der Waals surface area contributed by atoms with E-state index in [9.17, 15) is 8.42 Å². The topological polar surface area (TPSA) is 85.1 Å². The largest absolute Gasteiger partial charge is 0.388 e. The van der Waals surface area contributed by atoms with Gasteiger partial charge in [0.2, 0.25) is 10.0 Å². The van der Waals surface area contributed by atoms with Crippen LogP contribution in [-0.4, -0.2) is 24.9 Å². The molecule has 7 heteroatoms. The first-order chi connectivity index (χ1) is 8.97. The van der Waals surface area contributed by atoms with E-state index in [0.29, 0.717) is 12.2 Å². The average Bonchev–Trinajstić information content (AvgIpc) is 2.38. The molecule has 1 rings (SSSR count). The SMILES string of the molecule is CCCCCCNS(=O)(=O)c1ccc(C(N)=S)nc1. The Balaban J connectivity index is 2.59. The lowest BCUT2D eigenvalue weighted by Gasteiger charge is -2.06. The highest BCUT2D eigenvalue weighted by Crippen LogP contribution is 2.08. The zero-order chi connectivity index (χ0) is 14.3. The third-order valence-electron chi connectivity index (χ3n) is 2.62. The van der Waals surface area contributed by atoms with Gasteiger partial charge in [-0.25, -0.2) is 13.1 Å². The van der Waals surface area contributed by atoms with Crippen molar-refractivity contribution < 1.29 is 8.42 Å². The first-order valence-electron chi connectivity index (χ1n) is 6.23. The monoisotopic (exact) mass is 301 g/mol. The lowest BCUT2D eigenvalue weighted by atomic mass is 10.2. The zero-order valence-corrected chi connectivity index (χ0v) is 12.6. The summed E-state index contributed by atoms with van der Waals surface area (Å²) < 4.78 is 26.4. The number of unbranched alkanes of at least 4 members (excludes halogenated alkanes) is 3. The van der Waals surface area contributed by atoms with Gasteiger partial charge in [-0.2, -0.15) is 0 Å². The number of hydrogen-bond donors (Lipinski definition) is 2. The lowest BCUT2D eigenvalue weighted by Crippen LogP contribution is -2.25. The Kier molecular flexibility index (Phi) is 6.33. The quantitative estimate of drug-likeness (QED) is 0.562. The predicted molar refractivity (Wildman–Crippen MR) is 79.5 cm³/mol. The third-order valence-corrected chi connectivity index (χ3v) is 4.28. The van der Waals surface area contributed by atoms with Crippen LogP contribution >= 0.6 is 12.2 Å². The second-order valence-corrected chi connectivity index (χ2v) is 6.41. The molecule has 0 saturated carbocycles. The normalized spacial score (nSPS) is 11.4. The summed E-state index contributed by atoms with van der Waals surface area (Å²) in [6.07, 6.45) is 5.37. The number of pyridine rings is 1. The standard InChI is InChI=1S/C12H19N3O2S2/c1-2-3-4-5-8-15-19(16,17)10-6-7-11(12(13)18)14-9-10/h6-7,9,15H,2-5,8H2,1H3,(H2,13,18). The number of nitrogens with two attached hydrogens (primary N) is 1. The van der Waals surface area contributed by atoms with E-state index >= 15 is 0 Å². The van der Waals surface area contributed by atoms with E-state index in [1.807, 2.05) is 0 Å². The molecule has 1 aromatic heterocycles. The molecule has 3 N–H and O–H groups in total. The van der Waals surface area contributed by atoms with Crippen LogP contribution in [0.25, 0.3) is 0 Å². The van der Waals surface area contributed by atoms with Crippen LogP contribution in [0.3, 0.4) is 0 Å². The van der Waals surface area contributed by atoms with Crippen LogP contribution in [0, 0.1) is 0 Å². The molecule has 1 heterocycles. The summed E-state index contributed by atoms with van der Waals surface area (Å²) in [6.45, 7) is 2.55. The van der Waals surface area contributed by atoms with Crippen molar-refractivity contribution in [1.29, 1.82) is 0 Å². The number of rotatable bonds is 8. The third kappa shape index (κ3) is 5.22. The minimum absolute atomic E-state index is 0.128. The summed E-state index contributed by atoms with van der Waals surface area (Å²) >= 11 is 4.76. The van der Waals surface area contributed by atoms with Crippen molar-refractivity contribution in [3.8, 4) is 0 Å². The van der Waals surface area contributed by atoms with E-state index in [4.69, 9.17) is 18.0 Å². The maximum Gasteiger partial charge on any atom is 0.242 e. The predicted octanol–water partition coefficient (Wildman–Crippen LogP) is 1.57. The van der Waals surface area contributed by atoms with Crippen LogP contribution in [0.1, 0.15) is 38.3 Å². The van der Waals surface area contributed by atoms with Crippen molar-refractivity contribution in [1.82, 2.24) is 9.71 Å². The Morgan fingerprint density at radius 1 is 1.37 bits per heavy atom. The van der Waals surface area contributed by atoms with Crippen molar-refractivity contribution in [3.05, 3.63) is 24.0 Å². The Morgan fingerprint density at radius 3 is 2.63 bits per heavy atom. The van der Waals surface area contributed by atoms with Crippen molar-refractivity contribution in [2.24, 2.45) is 5.73 Å². The molecule has 0 spiro atoms. The summed E-state index contributed by atoms with van der Waals surface area (Å²) in [5.74, 6) is 0. The van der Waals surface area contributed by atoms with Crippen LogP contribution in [0.4, 0.5) is 0 Å². The van der Waals surface area contributed by atoms with Crippen LogP contribution in [0.15, 0.2) is 23.2 Å². The number of sulfonamides is 1. The fraction of sp³-hybridized carbons (Fsp3) is 0.500. The van der Waals surface area contributed by atoms with Gasteiger partial charge in [0.15, 0.2) is 0 Å². The van der Waals surface area contributed by atoms with Gasteiger partial charge in [-0.3, -0.25) is 4.98 Å². The van der Waals surface area contributed by atoms with Gasteiger partial charge in [-0.05, 0) is 18.6 Å². The van der Waals surface area contributed by atoms with Crippen LogP contribution in [0.2, 0.25) is 0 Å². The minimum Gasteiger partial charge on any atom is -0.388 e. The second-order valence-electron chi connectivity index (χ2n) is 4.20. The Bertz CT molecular complexity index is 512. The van der Waals surface area contributed by atoms with Gasteiger partial charge >= 0.3 is 0 Å². The summed E-state index contributed by atoms with van der Waals surface area (Å²) in [4.78, 5) is 4.19. The van der Waals surface area contributed by atoms with Crippen molar-refractivity contribution in [3.63, 3.8) is 0 Å². The summed E-state index contributed by atoms with van der Waals surface area (Å²) in [5.41, 5.74) is 5.82. The first-order valence-corrected chi connectivity index (χ1v) is 8.12. The molecule has 0 aliphatic rings. The summed E-state index contributed by atoms with van der Waals surface area (Å²) in [7, 11) is -3.49. The van der Waals surface area contributed by atoms with Gasteiger partial charge in [0, 0.05) is 12.7 Å². The zero-order valence-electron chi connectivity index (χ0n) is 10.9. The molecule has 0 aliphatic heterocycles. The Hall–Kier alpha value is -1.05. The fourth-order valence-corrected chi connectivity index (χ4v) is 2.67. The molecule has 0 amide bonds. The van der Waals surface area contributed by atoms with Crippen LogP contribution < -0.4 is 10.5 Å². The van der Waals surface area contributed by atoms with E-state index in [1.165, 1.54) is 18.3 Å². The molecule has 0 radical (unpaired) electrons. The first kappa shape index (κ1) is 16.0. The van der Waals surface area contributed by atoms with Gasteiger partial charge in [-0.15, -0.1) is 0 Å². The highest BCUT2D eigenvalue weighted by molar-refractivity contribution is 7.89. The molecule has 5 nitrogen and oxygen atoms in total. The number of nitrogens with zero attached hydrogens (tertiary/aromatic N) is 1. The summed E-state index contributed by atoms with van der Waals surface area (Å²) in [6, 6.07) is 2.96.